The number of carbonyl (C=O) groups excluding carboxylic acids is 6. The quantitative estimate of drug-likeness (QED) is 0.112. The number of piperidine rings is 1. The van der Waals surface area contributed by atoms with E-state index in [1.807, 2.05) is 0 Å². The van der Waals surface area contributed by atoms with E-state index in [-0.39, 0.29) is 78.1 Å². The number of piperazine rings is 1. The van der Waals surface area contributed by atoms with Gasteiger partial charge in [-0.05, 0) is 104 Å². The first-order valence-electron chi connectivity index (χ1n) is 20.6. The highest BCUT2D eigenvalue weighted by Crippen LogP contribution is 2.31. The van der Waals surface area contributed by atoms with Gasteiger partial charge in [-0.25, -0.2) is 19.0 Å². The minimum absolute atomic E-state index is 0.0402. The van der Waals surface area contributed by atoms with E-state index >= 15 is 0 Å². The molecule has 0 saturated carbocycles. The van der Waals surface area contributed by atoms with Crippen molar-refractivity contribution in [2.45, 2.75) is 51.7 Å². The molecule has 0 radical (unpaired) electrons. The van der Waals surface area contributed by atoms with Crippen molar-refractivity contribution >= 4 is 81.3 Å². The number of nitrogens with zero attached hydrogens (tertiary/aromatic N) is 8. The second-order valence-corrected chi connectivity index (χ2v) is 16.8. The third-order valence-corrected chi connectivity index (χ3v) is 11.1. The van der Waals surface area contributed by atoms with E-state index in [1.54, 1.807) is 62.1 Å². The molecular formula is C43H46ClN11O10. The van der Waals surface area contributed by atoms with Crippen LogP contribution in [0.15, 0.2) is 73.1 Å². The SMILES string of the molecule is CC(C)(C)OC(=O)n1c(C(=O)O)cc2cc(NC(=O)C(Cc3ccc(NC(=O)N4CCC(C(=O)NCCO)CC4)cc3)N3CCN(c4cc(Cl)ccc4-n4cnnn4)C(=O)C3=O)ccc21. The number of benzene rings is 3. The molecule has 4 heterocycles. The lowest BCUT2D eigenvalue weighted by Gasteiger charge is -2.38. The number of aromatic nitrogens is 5. The number of aliphatic hydroxyl groups is 1. The van der Waals surface area contributed by atoms with E-state index in [4.69, 9.17) is 21.4 Å². The zero-order valence-electron chi connectivity index (χ0n) is 35.6. The number of ether oxygens (including phenoxy) is 1. The van der Waals surface area contributed by atoms with E-state index in [1.165, 1.54) is 51.1 Å². The van der Waals surface area contributed by atoms with Crippen LogP contribution in [-0.4, -0.2) is 137 Å². The number of aromatic carboxylic acids is 1. The summed E-state index contributed by atoms with van der Waals surface area (Å²) in [7, 11) is 0. The van der Waals surface area contributed by atoms with Crippen LogP contribution in [0.1, 0.15) is 49.7 Å². The molecule has 3 aromatic carbocycles. The number of hydrogen-bond donors (Lipinski definition) is 5. The molecule has 5 N–H and O–H groups in total. The second-order valence-electron chi connectivity index (χ2n) is 16.4. The van der Waals surface area contributed by atoms with Crippen LogP contribution in [0, 0.1) is 5.92 Å². The number of nitrogens with one attached hydrogen (secondary N) is 3. The van der Waals surface area contributed by atoms with Gasteiger partial charge < -0.3 is 45.6 Å². The van der Waals surface area contributed by atoms with Crippen molar-refractivity contribution in [3.05, 3.63) is 89.3 Å². The van der Waals surface area contributed by atoms with Crippen molar-refractivity contribution < 1.29 is 48.5 Å². The Morgan fingerprint density at radius 2 is 1.60 bits per heavy atom. The van der Waals surface area contributed by atoms with Crippen LogP contribution in [0.5, 0.6) is 0 Å². The zero-order valence-corrected chi connectivity index (χ0v) is 36.3. The summed E-state index contributed by atoms with van der Waals surface area (Å²) in [6.07, 6.45) is 1.29. The minimum atomic E-state index is -1.38. The molecular weight excluding hydrogens is 866 g/mol. The van der Waals surface area contributed by atoms with Crippen molar-refractivity contribution in [1.82, 2.24) is 39.9 Å². The summed E-state index contributed by atoms with van der Waals surface area (Å²) >= 11 is 6.33. The van der Waals surface area contributed by atoms with E-state index < -0.39 is 41.4 Å². The van der Waals surface area contributed by atoms with Crippen molar-refractivity contribution in [2.75, 3.05) is 54.9 Å². The molecule has 22 heteroatoms. The minimum Gasteiger partial charge on any atom is -0.477 e. The predicted octanol–water partition coefficient (Wildman–Crippen LogP) is 3.53. The topological polar surface area (TPSA) is 264 Å². The van der Waals surface area contributed by atoms with Gasteiger partial charge in [-0.15, -0.1) is 5.10 Å². The van der Waals surface area contributed by atoms with Crippen LogP contribution in [0.2, 0.25) is 5.02 Å². The standard InChI is InChI=1S/C43H46ClN11O10/c1-43(2,3)65-42(64)55-31-11-9-30(21-27(31)22-35(55)40(61)62)47-37(58)34(53-18-17-52(38(59)39(53)60)33-23-28(44)6-10-32(33)54-24-46-49-50-54)20-25-4-7-29(8-5-25)48-41(63)51-15-12-26(13-16-51)36(57)45-14-19-56/h4-11,21-24,26,34,56H,12-20H2,1-3H3,(H,45,57)(H,47,58)(H,48,63)(H,61,62). The molecule has 21 nitrogen and oxygen atoms in total. The Balaban J connectivity index is 1.12. The highest BCUT2D eigenvalue weighted by atomic mass is 35.5. The summed E-state index contributed by atoms with van der Waals surface area (Å²) < 4.78 is 7.71. The lowest BCUT2D eigenvalue weighted by molar-refractivity contribution is -0.149. The number of tetrazole rings is 1. The maximum atomic E-state index is 14.4. The summed E-state index contributed by atoms with van der Waals surface area (Å²) in [6.45, 7) is 5.55. The van der Waals surface area contributed by atoms with Gasteiger partial charge in [0.2, 0.25) is 11.8 Å². The van der Waals surface area contributed by atoms with Crippen LogP contribution >= 0.6 is 11.6 Å². The Hall–Kier alpha value is -7.39. The zero-order chi connectivity index (χ0) is 46.6. The van der Waals surface area contributed by atoms with Gasteiger partial charge in [-0.1, -0.05) is 23.7 Å². The Bertz CT molecular complexity index is 2640. The fourth-order valence-corrected chi connectivity index (χ4v) is 7.86. The highest BCUT2D eigenvalue weighted by molar-refractivity contribution is 6.41. The number of rotatable bonds is 12. The number of anilines is 3. The lowest BCUT2D eigenvalue weighted by Crippen LogP contribution is -2.60. The molecule has 2 aliphatic rings. The molecule has 5 aromatic rings. The summed E-state index contributed by atoms with van der Waals surface area (Å²) in [5.74, 6) is -4.39. The number of carbonyl (C=O) groups is 7. The number of hydrogen-bond acceptors (Lipinski definition) is 12. The van der Waals surface area contributed by atoms with Gasteiger partial charge in [0.1, 0.15) is 23.7 Å². The first kappa shape index (κ1) is 45.6. The number of fused-ring (bicyclic) bond motifs is 1. The second kappa shape index (κ2) is 19.2. The molecule has 2 saturated heterocycles. The van der Waals surface area contributed by atoms with Crippen LogP contribution < -0.4 is 20.9 Å². The number of amides is 6. The van der Waals surface area contributed by atoms with Crippen LogP contribution in [0.25, 0.3) is 16.6 Å². The van der Waals surface area contributed by atoms with Gasteiger partial charge in [0.25, 0.3) is 0 Å². The van der Waals surface area contributed by atoms with E-state index in [0.717, 1.165) is 4.57 Å². The Kier molecular flexibility index (Phi) is 13.4. The fraction of sp³-hybridized carbons (Fsp3) is 0.349. The van der Waals surface area contributed by atoms with Gasteiger partial charge in [0.15, 0.2) is 0 Å². The van der Waals surface area contributed by atoms with Gasteiger partial charge in [-0.2, -0.15) is 4.68 Å². The molecule has 1 unspecified atom stereocenters. The molecule has 7 rings (SSSR count). The Morgan fingerprint density at radius 3 is 2.26 bits per heavy atom. The molecule has 2 fully saturated rings. The molecule has 0 aliphatic carbocycles. The third kappa shape index (κ3) is 10.4. The van der Waals surface area contributed by atoms with E-state index in [9.17, 15) is 38.7 Å². The van der Waals surface area contributed by atoms with Gasteiger partial charge in [0, 0.05) is 66.8 Å². The van der Waals surface area contributed by atoms with E-state index in [0.29, 0.717) is 48.3 Å². The predicted molar refractivity (Wildman–Crippen MR) is 235 cm³/mol. The fourth-order valence-electron chi connectivity index (χ4n) is 7.70. The van der Waals surface area contributed by atoms with Crippen LogP contribution in [-0.2, 0) is 30.3 Å². The number of halogens is 1. The molecule has 0 spiro atoms. The number of urea groups is 1. The molecule has 65 heavy (non-hydrogen) atoms. The van der Waals surface area contributed by atoms with Crippen molar-refractivity contribution in [2.24, 2.45) is 5.92 Å². The van der Waals surface area contributed by atoms with Crippen LogP contribution in [0.3, 0.4) is 0 Å². The lowest BCUT2D eigenvalue weighted by atomic mass is 9.96. The summed E-state index contributed by atoms with van der Waals surface area (Å²) in [5, 5.41) is 39.1. The average molecular weight is 912 g/mol. The Labute approximate surface area is 376 Å². The number of likely N-dealkylation sites (tertiary alicyclic amines) is 1. The third-order valence-electron chi connectivity index (χ3n) is 10.8. The first-order chi connectivity index (χ1) is 31.0. The molecule has 2 aromatic heterocycles. The summed E-state index contributed by atoms with van der Waals surface area (Å²) in [5.41, 5.74) is 0.817. The van der Waals surface area contributed by atoms with Crippen LogP contribution in [0.4, 0.5) is 26.7 Å². The van der Waals surface area contributed by atoms with Crippen molar-refractivity contribution in [1.29, 1.82) is 0 Å². The maximum absolute atomic E-state index is 14.4. The maximum Gasteiger partial charge on any atom is 0.419 e. The average Bonchev–Trinajstić information content (AvgIpc) is 3.95. The number of aliphatic hydroxyl groups excluding tert-OH is 1. The molecule has 2 aliphatic heterocycles. The normalized spacial score (nSPS) is 15.2. The summed E-state index contributed by atoms with van der Waals surface area (Å²) in [4.78, 5) is 97.4. The van der Waals surface area contributed by atoms with Crippen molar-refractivity contribution in [3.63, 3.8) is 0 Å². The van der Waals surface area contributed by atoms with E-state index in [2.05, 4.69) is 31.5 Å². The van der Waals surface area contributed by atoms with Gasteiger partial charge in [0.05, 0.1) is 23.5 Å². The number of carboxylic acid groups (broad SMARTS) is 1. The molecule has 1 atom stereocenters. The number of carboxylic acids is 1. The largest absolute Gasteiger partial charge is 0.477 e. The Morgan fingerprint density at radius 1 is 0.877 bits per heavy atom. The molecule has 6 amide bonds. The first-order valence-corrected chi connectivity index (χ1v) is 21.0. The smallest absolute Gasteiger partial charge is 0.419 e. The monoisotopic (exact) mass is 911 g/mol. The van der Waals surface area contributed by atoms with Gasteiger partial charge in [-0.3, -0.25) is 19.2 Å². The summed E-state index contributed by atoms with van der Waals surface area (Å²) in [6, 6.07) is 15.4. The molecule has 340 valence electrons. The highest BCUT2D eigenvalue weighted by Gasteiger charge is 2.41. The molecule has 0 bridgehead atoms. The van der Waals surface area contributed by atoms with Gasteiger partial charge >= 0.3 is 29.9 Å². The van der Waals surface area contributed by atoms with Crippen molar-refractivity contribution in [3.8, 4) is 5.69 Å².